The maximum absolute atomic E-state index is 12.5. The van der Waals surface area contributed by atoms with E-state index in [1.54, 1.807) is 30.5 Å². The van der Waals surface area contributed by atoms with Crippen molar-refractivity contribution in [1.82, 2.24) is 5.43 Å². The molecule has 0 amide bonds. The summed E-state index contributed by atoms with van der Waals surface area (Å²) < 4.78 is 10.8. The van der Waals surface area contributed by atoms with Crippen molar-refractivity contribution in [2.75, 3.05) is 12.4 Å². The number of halogens is 2. The van der Waals surface area contributed by atoms with Gasteiger partial charge in [-0.2, -0.15) is 5.10 Å². The van der Waals surface area contributed by atoms with Gasteiger partial charge in [0, 0.05) is 10.7 Å². The molecule has 0 fully saturated rings. The number of anilines is 1. The molecular formula is C23H19Cl2N3O3S. The molecule has 3 aromatic carbocycles. The van der Waals surface area contributed by atoms with Gasteiger partial charge in [-0.05, 0) is 78.8 Å². The molecule has 164 valence electrons. The largest absolute Gasteiger partial charge is 0.493 e. The molecule has 6 nitrogen and oxygen atoms in total. The fourth-order valence-corrected chi connectivity index (χ4v) is 3.36. The van der Waals surface area contributed by atoms with Crippen LogP contribution in [0.1, 0.15) is 21.5 Å². The van der Waals surface area contributed by atoms with E-state index in [1.165, 1.54) is 19.2 Å². The maximum atomic E-state index is 12.5. The average Bonchev–Trinajstić information content (AvgIpc) is 2.74. The summed E-state index contributed by atoms with van der Waals surface area (Å²) in [6, 6.07) is 17.3. The van der Waals surface area contributed by atoms with E-state index in [-0.39, 0.29) is 16.3 Å². The van der Waals surface area contributed by atoms with Crippen LogP contribution in [0.5, 0.6) is 11.5 Å². The van der Waals surface area contributed by atoms with Gasteiger partial charge >= 0.3 is 5.97 Å². The van der Waals surface area contributed by atoms with Gasteiger partial charge in [0.1, 0.15) is 0 Å². The van der Waals surface area contributed by atoms with Crippen LogP contribution >= 0.6 is 35.4 Å². The van der Waals surface area contributed by atoms with Gasteiger partial charge in [0.15, 0.2) is 16.6 Å². The van der Waals surface area contributed by atoms with E-state index >= 15 is 0 Å². The molecule has 0 radical (unpaired) electrons. The third-order valence-corrected chi connectivity index (χ3v) is 4.94. The van der Waals surface area contributed by atoms with E-state index in [9.17, 15) is 4.79 Å². The molecule has 0 aliphatic carbocycles. The number of nitrogens with zero attached hydrogens (tertiary/aromatic N) is 1. The first-order chi connectivity index (χ1) is 15.4. The molecule has 0 spiro atoms. The third-order valence-electron chi connectivity index (χ3n) is 4.20. The number of hydrogen-bond donors (Lipinski definition) is 2. The van der Waals surface area contributed by atoms with Gasteiger partial charge < -0.3 is 14.8 Å². The molecule has 0 bridgehead atoms. The molecule has 2 N–H and O–H groups in total. The summed E-state index contributed by atoms with van der Waals surface area (Å²) in [5, 5.41) is 8.15. The first-order valence-electron chi connectivity index (χ1n) is 9.37. The van der Waals surface area contributed by atoms with Crippen LogP contribution in [0.3, 0.4) is 0 Å². The van der Waals surface area contributed by atoms with Crippen LogP contribution in [0.15, 0.2) is 65.8 Å². The fraction of sp³-hybridized carbons (Fsp3) is 0.0870. The van der Waals surface area contributed by atoms with Crippen LogP contribution in [-0.2, 0) is 0 Å². The van der Waals surface area contributed by atoms with E-state index < -0.39 is 5.97 Å². The van der Waals surface area contributed by atoms with Crippen LogP contribution in [0.2, 0.25) is 10.0 Å². The van der Waals surface area contributed by atoms with Crippen molar-refractivity contribution in [2.24, 2.45) is 5.10 Å². The number of aryl methyl sites for hydroxylation is 1. The zero-order chi connectivity index (χ0) is 23.1. The number of methoxy groups -OCH3 is 1. The van der Waals surface area contributed by atoms with Gasteiger partial charge in [0.25, 0.3) is 0 Å². The number of hydrazone groups is 1. The lowest BCUT2D eigenvalue weighted by Crippen LogP contribution is -2.23. The Kier molecular flexibility index (Phi) is 8.05. The Labute approximate surface area is 201 Å². The highest BCUT2D eigenvalue weighted by Crippen LogP contribution is 2.30. The number of hydrogen-bond acceptors (Lipinski definition) is 5. The summed E-state index contributed by atoms with van der Waals surface area (Å²) in [6.45, 7) is 2.00. The molecule has 0 aromatic heterocycles. The van der Waals surface area contributed by atoms with Crippen molar-refractivity contribution in [3.05, 3.63) is 87.4 Å². The summed E-state index contributed by atoms with van der Waals surface area (Å²) in [4.78, 5) is 12.5. The highest BCUT2D eigenvalue weighted by molar-refractivity contribution is 7.80. The van der Waals surface area contributed by atoms with Gasteiger partial charge in [-0.25, -0.2) is 4.79 Å². The Bertz CT molecular complexity index is 1180. The number of carbonyl (C=O) groups excluding carboxylic acids is 1. The Balaban J connectivity index is 1.64. The second-order valence-electron chi connectivity index (χ2n) is 6.62. The molecule has 3 rings (SSSR count). The Hall–Kier alpha value is -3.13. The lowest BCUT2D eigenvalue weighted by atomic mass is 10.2. The van der Waals surface area contributed by atoms with Crippen LogP contribution in [-0.4, -0.2) is 24.4 Å². The number of rotatable bonds is 6. The maximum Gasteiger partial charge on any atom is 0.345 e. The van der Waals surface area contributed by atoms with E-state index in [4.69, 9.17) is 44.9 Å². The molecule has 0 unspecified atom stereocenters. The minimum absolute atomic E-state index is 0.197. The highest BCUT2D eigenvalue weighted by atomic mass is 35.5. The van der Waals surface area contributed by atoms with Crippen molar-refractivity contribution in [1.29, 1.82) is 0 Å². The molecular weight excluding hydrogens is 469 g/mol. The Morgan fingerprint density at radius 1 is 1.06 bits per heavy atom. The van der Waals surface area contributed by atoms with E-state index in [0.717, 1.165) is 11.3 Å². The highest BCUT2D eigenvalue weighted by Gasteiger charge is 2.16. The lowest BCUT2D eigenvalue weighted by Gasteiger charge is -2.11. The zero-order valence-electron chi connectivity index (χ0n) is 17.2. The first kappa shape index (κ1) is 23.5. The standard InChI is InChI=1S/C23H19Cl2N3O3S/c1-14-4-3-5-17(10-14)27-23(32)28-26-13-15-6-9-20(21(11-15)30-2)31-22(29)18-8-7-16(24)12-19(18)25/h3-13H,1-2H3,(H2,27,28,32)/b26-13-. The molecule has 0 aliphatic heterocycles. The predicted octanol–water partition coefficient (Wildman–Crippen LogP) is 5.85. The topological polar surface area (TPSA) is 71.9 Å². The minimum Gasteiger partial charge on any atom is -0.493 e. The number of ether oxygens (including phenoxy) is 2. The van der Waals surface area contributed by atoms with Gasteiger partial charge in [-0.1, -0.05) is 35.3 Å². The zero-order valence-corrected chi connectivity index (χ0v) is 19.5. The minimum atomic E-state index is -0.624. The fourth-order valence-electron chi connectivity index (χ4n) is 2.71. The summed E-state index contributed by atoms with van der Waals surface area (Å²) >= 11 is 17.2. The van der Waals surface area contributed by atoms with Gasteiger partial charge in [-0.15, -0.1) is 0 Å². The summed E-state index contributed by atoms with van der Waals surface area (Å²) in [5.74, 6) is -0.0290. The average molecular weight is 488 g/mol. The summed E-state index contributed by atoms with van der Waals surface area (Å²) in [5.41, 5.74) is 5.64. The van der Waals surface area contributed by atoms with Gasteiger partial charge in [0.05, 0.1) is 23.9 Å². The number of carbonyl (C=O) groups is 1. The first-order valence-corrected chi connectivity index (χ1v) is 10.5. The summed E-state index contributed by atoms with van der Waals surface area (Å²) in [6.07, 6.45) is 1.56. The van der Waals surface area contributed by atoms with Crippen LogP contribution < -0.4 is 20.2 Å². The van der Waals surface area contributed by atoms with Crippen molar-refractivity contribution in [2.45, 2.75) is 6.92 Å². The third kappa shape index (κ3) is 6.43. The van der Waals surface area contributed by atoms with E-state index in [1.807, 2.05) is 31.2 Å². The van der Waals surface area contributed by atoms with Crippen molar-refractivity contribution in [3.8, 4) is 11.5 Å². The molecule has 9 heteroatoms. The smallest absolute Gasteiger partial charge is 0.345 e. The van der Waals surface area contributed by atoms with Crippen molar-refractivity contribution < 1.29 is 14.3 Å². The Morgan fingerprint density at radius 2 is 1.88 bits per heavy atom. The molecule has 3 aromatic rings. The van der Waals surface area contributed by atoms with E-state index in [2.05, 4.69) is 15.8 Å². The number of esters is 1. The Morgan fingerprint density at radius 3 is 2.59 bits per heavy atom. The molecule has 32 heavy (non-hydrogen) atoms. The SMILES string of the molecule is COc1cc(/C=N\NC(=S)Nc2cccc(C)c2)ccc1OC(=O)c1ccc(Cl)cc1Cl. The molecule has 0 heterocycles. The van der Waals surface area contributed by atoms with E-state index in [0.29, 0.717) is 21.4 Å². The molecule has 0 atom stereocenters. The summed E-state index contributed by atoms with van der Waals surface area (Å²) in [7, 11) is 1.47. The number of thiocarbonyl (C=S) groups is 1. The van der Waals surface area contributed by atoms with Crippen LogP contribution in [0, 0.1) is 6.92 Å². The molecule has 0 saturated carbocycles. The number of benzene rings is 3. The molecule has 0 aliphatic rings. The predicted molar refractivity (Wildman–Crippen MR) is 133 cm³/mol. The van der Waals surface area contributed by atoms with Gasteiger partial charge in [0.2, 0.25) is 0 Å². The quantitative estimate of drug-likeness (QED) is 0.149. The second kappa shape index (κ2) is 10.9. The lowest BCUT2D eigenvalue weighted by molar-refractivity contribution is 0.0730. The van der Waals surface area contributed by atoms with Crippen molar-refractivity contribution in [3.63, 3.8) is 0 Å². The monoisotopic (exact) mass is 487 g/mol. The van der Waals surface area contributed by atoms with Crippen LogP contribution in [0.25, 0.3) is 0 Å². The second-order valence-corrected chi connectivity index (χ2v) is 7.87. The van der Waals surface area contributed by atoms with Crippen molar-refractivity contribution >= 4 is 58.4 Å². The normalized spacial score (nSPS) is 10.6. The number of nitrogens with one attached hydrogen (secondary N) is 2. The van der Waals surface area contributed by atoms with Crippen LogP contribution in [0.4, 0.5) is 5.69 Å². The molecule has 0 saturated heterocycles. The van der Waals surface area contributed by atoms with Gasteiger partial charge in [-0.3, -0.25) is 5.43 Å².